The predicted octanol–water partition coefficient (Wildman–Crippen LogP) is 2.23. The number of amides is 1. The van der Waals surface area contributed by atoms with Gasteiger partial charge < -0.3 is 14.7 Å². The van der Waals surface area contributed by atoms with Crippen LogP contribution >= 0.6 is 0 Å². The summed E-state index contributed by atoms with van der Waals surface area (Å²) in [4.78, 5) is 14.3. The molecule has 0 aliphatic carbocycles. The molecular weight excluding hydrogens is 314 g/mol. The number of piperidine rings is 1. The van der Waals surface area contributed by atoms with E-state index in [-0.39, 0.29) is 5.91 Å². The first-order valence-electron chi connectivity index (χ1n) is 9.31. The van der Waals surface area contributed by atoms with Crippen LogP contribution in [0.2, 0.25) is 0 Å². The van der Waals surface area contributed by atoms with Gasteiger partial charge >= 0.3 is 0 Å². The Hall–Kier alpha value is -2.14. The van der Waals surface area contributed by atoms with Gasteiger partial charge in [0, 0.05) is 18.5 Å². The predicted molar refractivity (Wildman–Crippen MR) is 97.6 cm³/mol. The Balaban J connectivity index is 1.56. The van der Waals surface area contributed by atoms with Crippen LogP contribution in [0.4, 0.5) is 0 Å². The summed E-state index contributed by atoms with van der Waals surface area (Å²) >= 11 is 0. The highest BCUT2D eigenvalue weighted by atomic mass is 16.5. The van der Waals surface area contributed by atoms with Gasteiger partial charge in [-0.1, -0.05) is 35.5 Å². The molecule has 2 atom stereocenters. The first-order chi connectivity index (χ1) is 12.2. The number of carbonyl (C=O) groups excluding carboxylic acids is 1. The van der Waals surface area contributed by atoms with E-state index in [1.165, 1.54) is 25.8 Å². The second-order valence-electron chi connectivity index (χ2n) is 6.99. The Kier molecular flexibility index (Phi) is 5.87. The fourth-order valence-corrected chi connectivity index (χ4v) is 3.66. The van der Waals surface area contributed by atoms with Crippen LogP contribution < -0.4 is 10.2 Å². The minimum atomic E-state index is -0.0979. The van der Waals surface area contributed by atoms with Gasteiger partial charge in [0.15, 0.2) is 0 Å². The molecule has 0 bridgehead atoms. The van der Waals surface area contributed by atoms with E-state index >= 15 is 0 Å². The van der Waals surface area contributed by atoms with Crippen LogP contribution in [0.5, 0.6) is 0 Å². The molecule has 134 valence electrons. The van der Waals surface area contributed by atoms with Crippen LogP contribution in [0.15, 0.2) is 34.9 Å². The highest BCUT2D eigenvalue weighted by Gasteiger charge is 2.23. The van der Waals surface area contributed by atoms with Crippen LogP contribution in [0, 0.1) is 6.92 Å². The molecule has 5 nitrogen and oxygen atoms in total. The van der Waals surface area contributed by atoms with E-state index in [2.05, 4.69) is 17.4 Å². The number of hydrogen-bond acceptors (Lipinski definition) is 3. The van der Waals surface area contributed by atoms with E-state index in [1.807, 2.05) is 30.3 Å². The van der Waals surface area contributed by atoms with Crippen LogP contribution in [0.25, 0.3) is 11.3 Å². The maximum atomic E-state index is 12.6. The Morgan fingerprint density at radius 3 is 2.88 bits per heavy atom. The van der Waals surface area contributed by atoms with E-state index in [9.17, 15) is 4.79 Å². The van der Waals surface area contributed by atoms with E-state index in [1.54, 1.807) is 11.8 Å². The largest absolute Gasteiger partial charge is 0.360 e. The molecule has 1 aromatic heterocycles. The molecule has 2 heterocycles. The Bertz CT molecular complexity index is 696. The minimum Gasteiger partial charge on any atom is -0.360 e. The van der Waals surface area contributed by atoms with Crippen molar-refractivity contribution in [3.05, 3.63) is 41.7 Å². The molecule has 0 radical (unpaired) electrons. The average molecular weight is 342 g/mol. The third-order valence-corrected chi connectivity index (χ3v) is 5.18. The summed E-state index contributed by atoms with van der Waals surface area (Å²) in [6, 6.07) is 10.4. The molecule has 1 aliphatic rings. The Morgan fingerprint density at radius 1 is 1.32 bits per heavy atom. The summed E-state index contributed by atoms with van der Waals surface area (Å²) in [7, 11) is 0. The lowest BCUT2D eigenvalue weighted by atomic mass is 10.0. The topological polar surface area (TPSA) is 59.6 Å². The number of hydrogen-bond donors (Lipinski definition) is 2. The summed E-state index contributed by atoms with van der Waals surface area (Å²) < 4.78 is 5.27. The second kappa shape index (κ2) is 8.30. The lowest BCUT2D eigenvalue weighted by Gasteiger charge is -2.30. The molecule has 1 unspecified atom stereocenters. The first kappa shape index (κ1) is 17.7. The maximum absolute atomic E-state index is 12.6. The molecule has 2 aromatic rings. The molecular formula is C20H28N3O2+. The average Bonchev–Trinajstić information content (AvgIpc) is 3.02. The molecule has 1 aliphatic heterocycles. The van der Waals surface area contributed by atoms with Crippen molar-refractivity contribution in [1.82, 2.24) is 10.5 Å². The molecule has 1 fully saturated rings. The van der Waals surface area contributed by atoms with Crippen molar-refractivity contribution in [3.8, 4) is 11.3 Å². The molecule has 25 heavy (non-hydrogen) atoms. The highest BCUT2D eigenvalue weighted by molar-refractivity contribution is 6.00. The molecule has 3 rings (SSSR count). The summed E-state index contributed by atoms with van der Waals surface area (Å²) in [5, 5.41) is 7.12. The Morgan fingerprint density at radius 2 is 2.12 bits per heavy atom. The van der Waals surface area contributed by atoms with Gasteiger partial charge in [0.1, 0.15) is 17.0 Å². The fraction of sp³-hybridized carbons (Fsp3) is 0.500. The number of carbonyl (C=O) groups is 1. The Labute approximate surface area is 149 Å². The van der Waals surface area contributed by atoms with Crippen molar-refractivity contribution >= 4 is 5.91 Å². The monoisotopic (exact) mass is 342 g/mol. The summed E-state index contributed by atoms with van der Waals surface area (Å²) in [5.41, 5.74) is 2.06. The lowest BCUT2D eigenvalue weighted by molar-refractivity contribution is -0.928. The van der Waals surface area contributed by atoms with Crippen molar-refractivity contribution in [2.75, 3.05) is 19.6 Å². The third-order valence-electron chi connectivity index (χ3n) is 5.18. The number of nitrogens with one attached hydrogen (secondary N) is 2. The van der Waals surface area contributed by atoms with Crippen molar-refractivity contribution in [3.63, 3.8) is 0 Å². The van der Waals surface area contributed by atoms with Gasteiger partial charge in [-0.2, -0.15) is 0 Å². The maximum Gasteiger partial charge on any atom is 0.257 e. The normalized spacial score (nSPS) is 20.4. The molecule has 1 amide bonds. The zero-order valence-corrected chi connectivity index (χ0v) is 15.2. The minimum absolute atomic E-state index is 0.0979. The molecule has 0 saturated carbocycles. The van der Waals surface area contributed by atoms with Crippen LogP contribution in [-0.2, 0) is 0 Å². The van der Waals surface area contributed by atoms with E-state index < -0.39 is 0 Å². The number of quaternary nitrogens is 1. The number of nitrogens with zero attached hydrogens (tertiary/aromatic N) is 1. The van der Waals surface area contributed by atoms with E-state index in [0.29, 0.717) is 23.6 Å². The van der Waals surface area contributed by atoms with Crippen molar-refractivity contribution in [2.45, 2.75) is 45.6 Å². The van der Waals surface area contributed by atoms with Crippen molar-refractivity contribution < 1.29 is 14.2 Å². The zero-order valence-electron chi connectivity index (χ0n) is 15.2. The van der Waals surface area contributed by atoms with Gasteiger partial charge in [-0.15, -0.1) is 0 Å². The van der Waals surface area contributed by atoms with Crippen molar-refractivity contribution in [2.24, 2.45) is 0 Å². The number of aromatic nitrogens is 1. The van der Waals surface area contributed by atoms with Gasteiger partial charge in [-0.3, -0.25) is 4.79 Å². The van der Waals surface area contributed by atoms with Gasteiger partial charge in [0.05, 0.1) is 19.1 Å². The quantitative estimate of drug-likeness (QED) is 0.792. The smallest absolute Gasteiger partial charge is 0.257 e. The SMILES string of the molecule is Cc1onc(-c2ccccc2)c1C(=O)NCCC[NH+]1CCCC[C@@H]1C. The van der Waals surface area contributed by atoms with Crippen LogP contribution in [0.1, 0.15) is 48.7 Å². The summed E-state index contributed by atoms with van der Waals surface area (Å²) in [5.74, 6) is 0.464. The summed E-state index contributed by atoms with van der Waals surface area (Å²) in [6.07, 6.45) is 5.00. The third kappa shape index (κ3) is 4.28. The van der Waals surface area contributed by atoms with E-state index in [4.69, 9.17) is 4.52 Å². The fourth-order valence-electron chi connectivity index (χ4n) is 3.66. The van der Waals surface area contributed by atoms with Crippen molar-refractivity contribution in [1.29, 1.82) is 0 Å². The molecule has 2 N–H and O–H groups in total. The van der Waals surface area contributed by atoms with Gasteiger partial charge in [-0.25, -0.2) is 0 Å². The number of aryl methyl sites for hydroxylation is 1. The second-order valence-corrected chi connectivity index (χ2v) is 6.99. The molecule has 0 spiro atoms. The van der Waals surface area contributed by atoms with Crippen LogP contribution in [-0.4, -0.2) is 36.7 Å². The number of rotatable bonds is 6. The van der Waals surface area contributed by atoms with Gasteiger partial charge in [0.25, 0.3) is 5.91 Å². The molecule has 1 saturated heterocycles. The van der Waals surface area contributed by atoms with Gasteiger partial charge in [-0.05, 0) is 33.1 Å². The number of likely N-dealkylation sites (tertiary alicyclic amines) is 1. The standard InChI is InChI=1S/C20H27N3O2/c1-15-9-6-7-13-23(15)14-8-12-21-20(24)18-16(2)25-22-19(18)17-10-4-3-5-11-17/h3-5,10-11,15H,6-9,12-14H2,1-2H3,(H,21,24)/p+1/t15-/m0/s1. The molecule has 1 aromatic carbocycles. The lowest BCUT2D eigenvalue weighted by Crippen LogP contribution is -3.16. The van der Waals surface area contributed by atoms with Gasteiger partial charge in [0.2, 0.25) is 0 Å². The zero-order chi connectivity index (χ0) is 17.6. The summed E-state index contributed by atoms with van der Waals surface area (Å²) in [6.45, 7) is 7.19. The molecule has 5 heteroatoms. The van der Waals surface area contributed by atoms with Crippen LogP contribution in [0.3, 0.4) is 0 Å². The van der Waals surface area contributed by atoms with E-state index in [0.717, 1.165) is 24.6 Å². The first-order valence-corrected chi connectivity index (χ1v) is 9.31. The highest BCUT2D eigenvalue weighted by Crippen LogP contribution is 2.24. The number of benzene rings is 1.